The third-order valence-corrected chi connectivity index (χ3v) is 2.05. The van der Waals surface area contributed by atoms with E-state index in [1.165, 1.54) is 18.5 Å². The van der Waals surface area contributed by atoms with Crippen molar-refractivity contribution in [3.63, 3.8) is 0 Å². The molecule has 76 valence electrons. The predicted octanol–water partition coefficient (Wildman–Crippen LogP) is 3.22. The van der Waals surface area contributed by atoms with E-state index in [1.807, 2.05) is 38.4 Å². The van der Waals surface area contributed by atoms with Gasteiger partial charge in [-0.1, -0.05) is 19.9 Å². The Kier molecular flexibility index (Phi) is 4.76. The van der Waals surface area contributed by atoms with E-state index in [4.69, 9.17) is 0 Å². The van der Waals surface area contributed by atoms with Gasteiger partial charge in [-0.2, -0.15) is 0 Å². The second-order valence-corrected chi connectivity index (χ2v) is 2.93. The van der Waals surface area contributed by atoms with Crippen LogP contribution in [0.4, 0.5) is 5.69 Å². The highest BCUT2D eigenvalue weighted by atomic mass is 15.1. The Labute approximate surface area is 86.3 Å². The Morgan fingerprint density at radius 2 is 1.93 bits per heavy atom. The second kappa shape index (κ2) is 6.19. The molecule has 0 bridgehead atoms. The molecule has 1 aliphatic heterocycles. The van der Waals surface area contributed by atoms with Crippen molar-refractivity contribution in [2.24, 2.45) is 0 Å². The molecule has 2 rings (SSSR count). The Bertz CT molecular complexity index is 267. The van der Waals surface area contributed by atoms with Crippen molar-refractivity contribution in [3.8, 4) is 0 Å². The van der Waals surface area contributed by atoms with Gasteiger partial charge in [0.25, 0.3) is 0 Å². The number of hydrogen-bond acceptors (Lipinski definition) is 2. The summed E-state index contributed by atoms with van der Waals surface area (Å²) in [7, 11) is 0. The quantitative estimate of drug-likeness (QED) is 0.676. The minimum Gasteiger partial charge on any atom is -0.348 e. The van der Waals surface area contributed by atoms with Crippen LogP contribution in [-0.2, 0) is 0 Å². The fraction of sp³-hybridized carbons (Fsp3) is 0.417. The fourth-order valence-corrected chi connectivity index (χ4v) is 1.41. The zero-order valence-electron chi connectivity index (χ0n) is 8.98. The van der Waals surface area contributed by atoms with Crippen molar-refractivity contribution < 1.29 is 0 Å². The van der Waals surface area contributed by atoms with E-state index in [2.05, 4.69) is 22.2 Å². The number of rotatable bonds is 1. The van der Waals surface area contributed by atoms with Gasteiger partial charge in [-0.3, -0.25) is 4.98 Å². The highest BCUT2D eigenvalue weighted by Gasteiger charge is 2.04. The van der Waals surface area contributed by atoms with Crippen LogP contribution in [-0.4, -0.2) is 11.5 Å². The number of aromatic nitrogens is 1. The maximum atomic E-state index is 3.99. The lowest BCUT2D eigenvalue weighted by Crippen LogP contribution is -2.19. The molecule has 0 amide bonds. The summed E-state index contributed by atoms with van der Waals surface area (Å²) in [5.41, 5.74) is 1.24. The first kappa shape index (κ1) is 10.8. The van der Waals surface area contributed by atoms with E-state index < -0.39 is 0 Å². The molecule has 0 fully saturated rings. The summed E-state index contributed by atoms with van der Waals surface area (Å²) in [6, 6.07) is 4.07. The molecule has 2 heterocycles. The van der Waals surface area contributed by atoms with Gasteiger partial charge in [0, 0.05) is 30.8 Å². The average molecular weight is 190 g/mol. The number of allylic oxidation sites excluding steroid dienone is 1. The molecule has 0 unspecified atom stereocenters. The molecule has 0 saturated carbocycles. The summed E-state index contributed by atoms with van der Waals surface area (Å²) >= 11 is 0. The standard InChI is InChI=1S/C10H12N2.C2H6/c1-2-8-12(9-3-1)10-4-6-11-7-5-10;1-2/h2,4-8H,1,3,9H2;1-2H3. The van der Waals surface area contributed by atoms with E-state index in [-0.39, 0.29) is 0 Å². The van der Waals surface area contributed by atoms with Crippen LogP contribution in [0.2, 0.25) is 0 Å². The summed E-state index contributed by atoms with van der Waals surface area (Å²) in [6.45, 7) is 5.13. The largest absolute Gasteiger partial charge is 0.348 e. The van der Waals surface area contributed by atoms with Gasteiger partial charge in [0.2, 0.25) is 0 Å². The molecule has 1 aliphatic rings. The highest BCUT2D eigenvalue weighted by Crippen LogP contribution is 2.16. The lowest BCUT2D eigenvalue weighted by atomic mass is 10.2. The van der Waals surface area contributed by atoms with Crippen LogP contribution >= 0.6 is 0 Å². The summed E-state index contributed by atoms with van der Waals surface area (Å²) < 4.78 is 0. The first-order chi connectivity index (χ1) is 6.97. The summed E-state index contributed by atoms with van der Waals surface area (Å²) in [5, 5.41) is 0. The lowest BCUT2D eigenvalue weighted by molar-refractivity contribution is 0.786. The number of nitrogens with zero attached hydrogens (tertiary/aromatic N) is 2. The van der Waals surface area contributed by atoms with Crippen molar-refractivity contribution >= 4 is 5.69 Å². The monoisotopic (exact) mass is 190 g/mol. The van der Waals surface area contributed by atoms with Gasteiger partial charge < -0.3 is 4.90 Å². The van der Waals surface area contributed by atoms with Gasteiger partial charge in [-0.15, -0.1) is 0 Å². The molecule has 0 saturated heterocycles. The van der Waals surface area contributed by atoms with Gasteiger partial charge in [-0.05, 0) is 25.0 Å². The lowest BCUT2D eigenvalue weighted by Gasteiger charge is -2.22. The van der Waals surface area contributed by atoms with E-state index >= 15 is 0 Å². The molecule has 2 heteroatoms. The molecule has 0 aromatic carbocycles. The van der Waals surface area contributed by atoms with E-state index in [1.54, 1.807) is 0 Å². The Hall–Kier alpha value is -1.31. The van der Waals surface area contributed by atoms with Crippen molar-refractivity contribution in [1.82, 2.24) is 4.98 Å². The number of pyridine rings is 1. The molecule has 0 aliphatic carbocycles. The molecule has 2 nitrogen and oxygen atoms in total. The molecule has 0 N–H and O–H groups in total. The SMILES string of the molecule is C1=CN(c2ccncc2)CCC1.CC. The van der Waals surface area contributed by atoms with Crippen LogP contribution in [0.1, 0.15) is 26.7 Å². The van der Waals surface area contributed by atoms with Crippen molar-refractivity contribution in [2.45, 2.75) is 26.7 Å². The summed E-state index contributed by atoms with van der Waals surface area (Å²) in [4.78, 5) is 6.24. The zero-order chi connectivity index (χ0) is 10.2. The minimum atomic E-state index is 1.13. The maximum Gasteiger partial charge on any atom is 0.0436 e. The predicted molar refractivity (Wildman–Crippen MR) is 61.3 cm³/mol. The molecule has 14 heavy (non-hydrogen) atoms. The maximum absolute atomic E-state index is 3.99. The van der Waals surface area contributed by atoms with Gasteiger partial charge in [-0.25, -0.2) is 0 Å². The van der Waals surface area contributed by atoms with Crippen molar-refractivity contribution in [2.75, 3.05) is 11.4 Å². The summed E-state index contributed by atoms with van der Waals surface area (Å²) in [6.07, 6.45) is 10.5. The van der Waals surface area contributed by atoms with E-state index in [0.29, 0.717) is 0 Å². The van der Waals surface area contributed by atoms with E-state index in [9.17, 15) is 0 Å². The van der Waals surface area contributed by atoms with Crippen LogP contribution in [0.25, 0.3) is 0 Å². The molecule has 0 spiro atoms. The number of anilines is 1. The van der Waals surface area contributed by atoms with Crippen molar-refractivity contribution in [1.29, 1.82) is 0 Å². The van der Waals surface area contributed by atoms with Gasteiger partial charge >= 0.3 is 0 Å². The average Bonchev–Trinajstić information content (AvgIpc) is 2.34. The van der Waals surface area contributed by atoms with Crippen LogP contribution in [0.15, 0.2) is 36.8 Å². The molecular weight excluding hydrogens is 172 g/mol. The van der Waals surface area contributed by atoms with Crippen LogP contribution in [0.5, 0.6) is 0 Å². The van der Waals surface area contributed by atoms with Crippen LogP contribution < -0.4 is 4.90 Å². The Balaban J connectivity index is 0.000000461. The van der Waals surface area contributed by atoms with Crippen LogP contribution in [0, 0.1) is 0 Å². The second-order valence-electron chi connectivity index (χ2n) is 2.93. The molecule has 1 aromatic heterocycles. The first-order valence-electron chi connectivity index (χ1n) is 5.30. The van der Waals surface area contributed by atoms with Gasteiger partial charge in [0.1, 0.15) is 0 Å². The van der Waals surface area contributed by atoms with Crippen molar-refractivity contribution in [3.05, 3.63) is 36.8 Å². The van der Waals surface area contributed by atoms with Gasteiger partial charge in [0.15, 0.2) is 0 Å². The van der Waals surface area contributed by atoms with Gasteiger partial charge in [0.05, 0.1) is 0 Å². The number of hydrogen-bond donors (Lipinski definition) is 0. The molecule has 0 atom stereocenters. The Morgan fingerprint density at radius 1 is 1.21 bits per heavy atom. The third-order valence-electron chi connectivity index (χ3n) is 2.05. The third kappa shape index (κ3) is 2.87. The smallest absolute Gasteiger partial charge is 0.0436 e. The zero-order valence-corrected chi connectivity index (χ0v) is 8.98. The van der Waals surface area contributed by atoms with Crippen LogP contribution in [0.3, 0.4) is 0 Å². The fourth-order valence-electron chi connectivity index (χ4n) is 1.41. The Morgan fingerprint density at radius 3 is 2.50 bits per heavy atom. The molecule has 0 radical (unpaired) electrons. The first-order valence-corrected chi connectivity index (χ1v) is 5.30. The highest BCUT2D eigenvalue weighted by molar-refractivity contribution is 5.48. The molecular formula is C12H18N2. The topological polar surface area (TPSA) is 16.1 Å². The summed E-state index contributed by atoms with van der Waals surface area (Å²) in [5.74, 6) is 0. The molecule has 1 aromatic rings. The normalized spacial score (nSPS) is 14.6. The van der Waals surface area contributed by atoms with E-state index in [0.717, 1.165) is 6.54 Å². The minimum absolute atomic E-state index is 1.13.